The molecule has 0 spiro atoms. The molecular formula is C21H22FN3OS2. The van der Waals surface area contributed by atoms with Crippen LogP contribution in [0.5, 0.6) is 0 Å². The Labute approximate surface area is 172 Å². The summed E-state index contributed by atoms with van der Waals surface area (Å²) < 4.78 is 14.1. The van der Waals surface area contributed by atoms with Crippen LogP contribution in [0.1, 0.15) is 12.8 Å². The summed E-state index contributed by atoms with van der Waals surface area (Å²) in [6.07, 6.45) is 2.11. The molecular weight excluding hydrogens is 393 g/mol. The first kappa shape index (κ1) is 19.2. The van der Waals surface area contributed by atoms with Crippen molar-refractivity contribution < 1.29 is 9.18 Å². The highest BCUT2D eigenvalue weighted by atomic mass is 32.2. The lowest BCUT2D eigenvalue weighted by Crippen LogP contribution is -2.39. The van der Waals surface area contributed by atoms with Crippen LogP contribution in [-0.2, 0) is 4.79 Å². The van der Waals surface area contributed by atoms with Crippen LogP contribution >= 0.6 is 23.1 Å². The number of nitrogens with one attached hydrogen (secondary N) is 1. The monoisotopic (exact) mass is 415 g/mol. The number of rotatable bonds is 6. The van der Waals surface area contributed by atoms with Crippen LogP contribution in [0.15, 0.2) is 53.4 Å². The summed E-state index contributed by atoms with van der Waals surface area (Å²) in [4.78, 5) is 20.1. The second-order valence-electron chi connectivity index (χ2n) is 6.94. The first-order valence-electron chi connectivity index (χ1n) is 9.43. The second kappa shape index (κ2) is 8.92. The van der Waals surface area contributed by atoms with Crippen LogP contribution in [0.4, 0.5) is 9.52 Å². The Kier molecular flexibility index (Phi) is 6.12. The van der Waals surface area contributed by atoms with Gasteiger partial charge in [-0.1, -0.05) is 23.5 Å². The molecule has 28 heavy (non-hydrogen) atoms. The van der Waals surface area contributed by atoms with Crippen molar-refractivity contribution in [1.82, 2.24) is 10.3 Å². The molecule has 146 valence electrons. The first-order chi connectivity index (χ1) is 13.7. The third-order valence-electron chi connectivity index (χ3n) is 4.94. The Hall–Kier alpha value is -2.12. The van der Waals surface area contributed by atoms with E-state index in [1.54, 1.807) is 23.5 Å². The minimum absolute atomic E-state index is 0.0305. The van der Waals surface area contributed by atoms with Crippen molar-refractivity contribution in [2.45, 2.75) is 17.7 Å². The summed E-state index contributed by atoms with van der Waals surface area (Å²) in [5.74, 6) is 0.634. The van der Waals surface area contributed by atoms with Gasteiger partial charge in [-0.05, 0) is 55.2 Å². The molecule has 1 aromatic heterocycles. The number of thioether (sulfide) groups is 1. The van der Waals surface area contributed by atoms with Gasteiger partial charge in [-0.2, -0.15) is 0 Å². The summed E-state index contributed by atoms with van der Waals surface area (Å²) in [6, 6.07) is 14.5. The van der Waals surface area contributed by atoms with E-state index in [1.807, 2.05) is 12.1 Å². The molecule has 0 bridgehead atoms. The van der Waals surface area contributed by atoms with Gasteiger partial charge in [0.15, 0.2) is 5.13 Å². The summed E-state index contributed by atoms with van der Waals surface area (Å²) in [5, 5.41) is 4.14. The van der Waals surface area contributed by atoms with Crippen LogP contribution < -0.4 is 10.2 Å². The highest BCUT2D eigenvalue weighted by Gasteiger charge is 2.22. The van der Waals surface area contributed by atoms with Gasteiger partial charge in [-0.15, -0.1) is 11.8 Å². The van der Waals surface area contributed by atoms with E-state index < -0.39 is 0 Å². The van der Waals surface area contributed by atoms with Gasteiger partial charge in [-0.3, -0.25) is 4.79 Å². The smallest absolute Gasteiger partial charge is 0.230 e. The first-order valence-corrected chi connectivity index (χ1v) is 11.2. The number of benzene rings is 2. The van der Waals surface area contributed by atoms with Gasteiger partial charge in [0.25, 0.3) is 0 Å². The van der Waals surface area contributed by atoms with E-state index in [0.29, 0.717) is 11.7 Å². The maximum atomic E-state index is 12.9. The minimum Gasteiger partial charge on any atom is -0.355 e. The third kappa shape index (κ3) is 4.83. The number of halogens is 1. The van der Waals surface area contributed by atoms with Gasteiger partial charge in [0.1, 0.15) is 5.82 Å². The molecule has 3 aromatic rings. The van der Waals surface area contributed by atoms with Gasteiger partial charge in [0.05, 0.1) is 16.0 Å². The van der Waals surface area contributed by atoms with E-state index in [2.05, 4.69) is 22.3 Å². The molecule has 1 fully saturated rings. The molecule has 1 N–H and O–H groups in total. The molecule has 1 saturated heterocycles. The number of anilines is 1. The number of carbonyl (C=O) groups excluding carboxylic acids is 1. The molecule has 4 nitrogen and oxygen atoms in total. The SMILES string of the molecule is O=C(CSc1ccc(F)cc1)NCC1CCN(c2nc3ccccc3s2)CC1. The molecule has 2 aromatic carbocycles. The van der Waals surface area contributed by atoms with Gasteiger partial charge >= 0.3 is 0 Å². The molecule has 1 aliphatic rings. The molecule has 2 heterocycles. The Balaban J connectivity index is 1.20. The Morgan fingerprint density at radius 2 is 1.93 bits per heavy atom. The Morgan fingerprint density at radius 1 is 1.18 bits per heavy atom. The molecule has 7 heteroatoms. The average molecular weight is 416 g/mol. The lowest BCUT2D eigenvalue weighted by molar-refractivity contribution is -0.118. The van der Waals surface area contributed by atoms with Crippen LogP contribution in [0.2, 0.25) is 0 Å². The number of hydrogen-bond acceptors (Lipinski definition) is 5. The van der Waals surface area contributed by atoms with Gasteiger partial charge in [-0.25, -0.2) is 9.37 Å². The zero-order valence-electron chi connectivity index (χ0n) is 15.4. The van der Waals surface area contributed by atoms with Crippen LogP contribution in [0.3, 0.4) is 0 Å². The number of aromatic nitrogens is 1. The summed E-state index contributed by atoms with van der Waals surface area (Å²) in [7, 11) is 0. The van der Waals surface area contributed by atoms with E-state index in [1.165, 1.54) is 28.6 Å². The van der Waals surface area contributed by atoms with Crippen LogP contribution in [0, 0.1) is 11.7 Å². The maximum Gasteiger partial charge on any atom is 0.230 e. The summed E-state index contributed by atoms with van der Waals surface area (Å²) in [6.45, 7) is 2.67. The lowest BCUT2D eigenvalue weighted by atomic mass is 9.97. The predicted molar refractivity (Wildman–Crippen MR) is 115 cm³/mol. The molecule has 0 atom stereocenters. The van der Waals surface area contributed by atoms with Crippen molar-refractivity contribution in [3.05, 3.63) is 54.3 Å². The highest BCUT2D eigenvalue weighted by molar-refractivity contribution is 8.00. The molecule has 1 aliphatic heterocycles. The fourth-order valence-electron chi connectivity index (χ4n) is 3.31. The lowest BCUT2D eigenvalue weighted by Gasteiger charge is -2.31. The van der Waals surface area contributed by atoms with Crippen molar-refractivity contribution in [2.75, 3.05) is 30.3 Å². The zero-order chi connectivity index (χ0) is 19.3. The van der Waals surface area contributed by atoms with Crippen molar-refractivity contribution >= 4 is 44.4 Å². The van der Waals surface area contributed by atoms with Gasteiger partial charge in [0, 0.05) is 24.5 Å². The molecule has 0 radical (unpaired) electrons. The van der Waals surface area contributed by atoms with E-state index in [4.69, 9.17) is 4.98 Å². The normalized spacial score (nSPS) is 15.1. The number of hydrogen-bond donors (Lipinski definition) is 1. The Morgan fingerprint density at radius 3 is 2.68 bits per heavy atom. The highest BCUT2D eigenvalue weighted by Crippen LogP contribution is 2.31. The van der Waals surface area contributed by atoms with Gasteiger partial charge < -0.3 is 10.2 Å². The van der Waals surface area contributed by atoms with Crippen molar-refractivity contribution in [1.29, 1.82) is 0 Å². The van der Waals surface area contributed by atoms with Crippen molar-refractivity contribution in [2.24, 2.45) is 5.92 Å². The van der Waals surface area contributed by atoms with Crippen LogP contribution in [0.25, 0.3) is 10.2 Å². The number of carbonyl (C=O) groups is 1. The van der Waals surface area contributed by atoms with Gasteiger partial charge in [0.2, 0.25) is 5.91 Å². The van der Waals surface area contributed by atoms with Crippen molar-refractivity contribution in [3.8, 4) is 0 Å². The molecule has 4 rings (SSSR count). The molecule has 0 unspecified atom stereocenters. The number of para-hydroxylation sites is 1. The number of amides is 1. The third-order valence-corrected chi connectivity index (χ3v) is 7.05. The molecule has 0 saturated carbocycles. The fraction of sp³-hybridized carbons (Fsp3) is 0.333. The second-order valence-corrected chi connectivity index (χ2v) is 9.00. The molecule has 1 amide bonds. The van der Waals surface area contributed by atoms with E-state index in [9.17, 15) is 9.18 Å². The number of thiazole rings is 1. The van der Waals surface area contributed by atoms with E-state index in [-0.39, 0.29) is 11.7 Å². The van der Waals surface area contributed by atoms with E-state index in [0.717, 1.165) is 48.0 Å². The molecule has 0 aliphatic carbocycles. The van der Waals surface area contributed by atoms with Crippen LogP contribution in [-0.4, -0.2) is 36.3 Å². The summed E-state index contributed by atoms with van der Waals surface area (Å²) in [5.41, 5.74) is 1.07. The van der Waals surface area contributed by atoms with E-state index >= 15 is 0 Å². The minimum atomic E-state index is -0.258. The zero-order valence-corrected chi connectivity index (χ0v) is 17.1. The maximum absolute atomic E-state index is 12.9. The number of nitrogens with zero attached hydrogens (tertiary/aromatic N) is 2. The predicted octanol–water partition coefficient (Wildman–Crippen LogP) is 4.56. The quantitative estimate of drug-likeness (QED) is 0.600. The topological polar surface area (TPSA) is 45.2 Å². The summed E-state index contributed by atoms with van der Waals surface area (Å²) >= 11 is 3.18. The van der Waals surface area contributed by atoms with Crippen molar-refractivity contribution in [3.63, 3.8) is 0 Å². The average Bonchev–Trinajstić information content (AvgIpc) is 3.16. The largest absolute Gasteiger partial charge is 0.355 e. The number of piperidine rings is 1. The Bertz CT molecular complexity index is 903. The number of fused-ring (bicyclic) bond motifs is 1. The fourth-order valence-corrected chi connectivity index (χ4v) is 5.06. The standard InChI is InChI=1S/C21H22FN3OS2/c22-16-5-7-17(8-6-16)27-14-20(26)23-13-15-9-11-25(12-10-15)21-24-18-3-1-2-4-19(18)28-21/h1-8,15H,9-14H2,(H,23,26).